The predicted molar refractivity (Wildman–Crippen MR) is 73.3 cm³/mol. The molecule has 106 valence electrons. The lowest BCUT2D eigenvalue weighted by atomic mass is 10.0. The van der Waals surface area contributed by atoms with Crippen molar-refractivity contribution in [3.05, 3.63) is 29.8 Å². The summed E-state index contributed by atoms with van der Waals surface area (Å²) in [6.07, 6.45) is 0. The third-order valence-corrected chi connectivity index (χ3v) is 3.29. The zero-order chi connectivity index (χ0) is 14.6. The first-order chi connectivity index (χ1) is 9.53. The first-order valence-corrected chi connectivity index (χ1v) is 6.54. The van der Waals surface area contributed by atoms with Gasteiger partial charge in [-0.3, -0.25) is 4.79 Å². The van der Waals surface area contributed by atoms with Crippen molar-refractivity contribution in [1.29, 1.82) is 5.26 Å². The van der Waals surface area contributed by atoms with Gasteiger partial charge in [-0.2, -0.15) is 5.26 Å². The molecule has 1 heterocycles. The molecule has 0 N–H and O–H groups in total. The van der Waals surface area contributed by atoms with Gasteiger partial charge in [0.2, 0.25) is 0 Å². The van der Waals surface area contributed by atoms with Crippen molar-refractivity contribution in [3.8, 4) is 11.8 Å². The van der Waals surface area contributed by atoms with Crippen molar-refractivity contribution in [1.82, 2.24) is 4.90 Å². The van der Waals surface area contributed by atoms with Gasteiger partial charge in [0.05, 0.1) is 30.4 Å². The van der Waals surface area contributed by atoms with Gasteiger partial charge in [-0.05, 0) is 38.1 Å². The lowest BCUT2D eigenvalue weighted by molar-refractivity contribution is -0.148. The van der Waals surface area contributed by atoms with Crippen LogP contribution in [-0.4, -0.2) is 42.7 Å². The maximum Gasteiger partial charge on any atom is 0.261 e. The van der Waals surface area contributed by atoms with Gasteiger partial charge >= 0.3 is 0 Å². The van der Waals surface area contributed by atoms with E-state index in [2.05, 4.69) is 0 Å². The van der Waals surface area contributed by atoms with E-state index in [9.17, 15) is 4.79 Å². The van der Waals surface area contributed by atoms with Gasteiger partial charge in [-0.25, -0.2) is 0 Å². The highest BCUT2D eigenvalue weighted by Crippen LogP contribution is 2.19. The first-order valence-electron chi connectivity index (χ1n) is 6.54. The summed E-state index contributed by atoms with van der Waals surface area (Å²) in [6, 6.07) is 8.75. The van der Waals surface area contributed by atoms with Crippen LogP contribution in [0.15, 0.2) is 24.3 Å². The van der Waals surface area contributed by atoms with Crippen LogP contribution in [0.25, 0.3) is 0 Å². The summed E-state index contributed by atoms with van der Waals surface area (Å²) in [5, 5.41) is 8.71. The minimum atomic E-state index is -0.302. The number of nitrogens with zero attached hydrogens (tertiary/aromatic N) is 2. The number of carbonyl (C=O) groups is 1. The molecule has 0 spiro atoms. The summed E-state index contributed by atoms with van der Waals surface area (Å²) in [5.41, 5.74) is 0.265. The molecule has 0 saturated carbocycles. The Hall–Kier alpha value is -2.06. The number of carbonyl (C=O) groups excluding carboxylic acids is 1. The highest BCUT2D eigenvalue weighted by Gasteiger charge is 2.34. The number of hydrogen-bond acceptors (Lipinski definition) is 4. The van der Waals surface area contributed by atoms with Crippen molar-refractivity contribution in [2.45, 2.75) is 19.4 Å². The zero-order valence-electron chi connectivity index (χ0n) is 11.8. The van der Waals surface area contributed by atoms with Gasteiger partial charge in [0.25, 0.3) is 5.91 Å². The zero-order valence-corrected chi connectivity index (χ0v) is 11.8. The molecule has 0 unspecified atom stereocenters. The summed E-state index contributed by atoms with van der Waals surface area (Å²) in [6.45, 7) is 5.64. The molecule has 0 atom stereocenters. The minimum Gasteiger partial charge on any atom is -0.484 e. The second-order valence-corrected chi connectivity index (χ2v) is 5.34. The third kappa shape index (κ3) is 3.28. The van der Waals surface area contributed by atoms with Crippen molar-refractivity contribution in [2.24, 2.45) is 0 Å². The monoisotopic (exact) mass is 274 g/mol. The van der Waals surface area contributed by atoms with E-state index >= 15 is 0 Å². The largest absolute Gasteiger partial charge is 0.484 e. The summed E-state index contributed by atoms with van der Waals surface area (Å²) in [7, 11) is 0. The Balaban J connectivity index is 1.92. The van der Waals surface area contributed by atoms with Gasteiger partial charge in [-0.1, -0.05) is 0 Å². The Bertz CT molecular complexity index is 517. The van der Waals surface area contributed by atoms with Crippen LogP contribution in [-0.2, 0) is 9.53 Å². The molecule has 1 fully saturated rings. The molecule has 5 heteroatoms. The minimum absolute atomic E-state index is 0.00463. The van der Waals surface area contributed by atoms with Crippen LogP contribution < -0.4 is 4.74 Å². The Morgan fingerprint density at radius 1 is 1.45 bits per heavy atom. The number of benzene rings is 1. The van der Waals surface area contributed by atoms with Crippen LogP contribution in [0.2, 0.25) is 0 Å². The molecule has 1 amide bonds. The SMILES string of the molecule is CC1(C)COCCN1C(=O)COc1ccc(C#N)cc1. The van der Waals surface area contributed by atoms with Gasteiger partial charge in [0.15, 0.2) is 6.61 Å². The smallest absolute Gasteiger partial charge is 0.261 e. The molecule has 1 aliphatic rings. The van der Waals surface area contributed by atoms with Gasteiger partial charge in [0, 0.05) is 6.54 Å². The van der Waals surface area contributed by atoms with Gasteiger partial charge < -0.3 is 14.4 Å². The topological polar surface area (TPSA) is 62.6 Å². The van der Waals surface area contributed by atoms with Crippen molar-refractivity contribution >= 4 is 5.91 Å². The Labute approximate surface area is 118 Å². The highest BCUT2D eigenvalue weighted by atomic mass is 16.5. The summed E-state index contributed by atoms with van der Waals surface area (Å²) in [5.74, 6) is 0.533. The molecular weight excluding hydrogens is 256 g/mol. The number of amides is 1. The molecule has 2 rings (SSSR count). The van der Waals surface area contributed by atoms with E-state index in [1.165, 1.54) is 0 Å². The Kier molecular flexibility index (Phi) is 4.26. The molecule has 0 aromatic heterocycles. The Morgan fingerprint density at radius 3 is 2.75 bits per heavy atom. The number of morpholine rings is 1. The first kappa shape index (κ1) is 14.4. The van der Waals surface area contributed by atoms with Crippen molar-refractivity contribution < 1.29 is 14.3 Å². The van der Waals surface area contributed by atoms with Crippen molar-refractivity contribution in [3.63, 3.8) is 0 Å². The van der Waals surface area contributed by atoms with Crippen molar-refractivity contribution in [2.75, 3.05) is 26.4 Å². The van der Waals surface area contributed by atoms with E-state index in [0.717, 1.165) is 0 Å². The standard InChI is InChI=1S/C15H18N2O3/c1-15(2)11-19-8-7-17(15)14(18)10-20-13-5-3-12(9-16)4-6-13/h3-6H,7-8,10-11H2,1-2H3. The molecule has 1 aromatic rings. The van der Waals surface area contributed by atoms with Crippen LogP contribution in [0.1, 0.15) is 19.4 Å². The fourth-order valence-corrected chi connectivity index (χ4v) is 2.17. The number of nitriles is 1. The second-order valence-electron chi connectivity index (χ2n) is 5.34. The molecule has 20 heavy (non-hydrogen) atoms. The lowest BCUT2D eigenvalue weighted by Crippen LogP contribution is -2.56. The fourth-order valence-electron chi connectivity index (χ4n) is 2.17. The third-order valence-electron chi connectivity index (χ3n) is 3.29. The normalized spacial score (nSPS) is 17.4. The summed E-state index contributed by atoms with van der Waals surface area (Å²) >= 11 is 0. The Morgan fingerprint density at radius 2 is 2.15 bits per heavy atom. The molecule has 1 saturated heterocycles. The number of hydrogen-bond donors (Lipinski definition) is 0. The van der Waals surface area contributed by atoms with Crippen LogP contribution in [0.5, 0.6) is 5.75 Å². The second kappa shape index (κ2) is 5.93. The lowest BCUT2D eigenvalue weighted by Gasteiger charge is -2.42. The number of ether oxygens (including phenoxy) is 2. The molecule has 1 aliphatic heterocycles. The van der Waals surface area contributed by atoms with E-state index < -0.39 is 0 Å². The quantitative estimate of drug-likeness (QED) is 0.839. The molecule has 0 aliphatic carbocycles. The van der Waals surface area contributed by atoms with E-state index in [-0.39, 0.29) is 18.1 Å². The van der Waals surface area contributed by atoms with E-state index in [1.54, 1.807) is 29.2 Å². The van der Waals surface area contributed by atoms with E-state index in [1.807, 2.05) is 19.9 Å². The fraction of sp³-hybridized carbons (Fsp3) is 0.467. The summed E-state index contributed by atoms with van der Waals surface area (Å²) in [4.78, 5) is 14.0. The maximum atomic E-state index is 12.2. The van der Waals surface area contributed by atoms with Crippen LogP contribution in [0.4, 0.5) is 0 Å². The molecule has 1 aromatic carbocycles. The van der Waals surface area contributed by atoms with E-state index in [4.69, 9.17) is 14.7 Å². The highest BCUT2D eigenvalue weighted by molar-refractivity contribution is 5.78. The van der Waals surface area contributed by atoms with Crippen LogP contribution in [0.3, 0.4) is 0 Å². The maximum absolute atomic E-state index is 12.2. The average Bonchev–Trinajstić information content (AvgIpc) is 2.45. The molecular formula is C15H18N2O3. The van der Waals surface area contributed by atoms with E-state index in [0.29, 0.717) is 31.1 Å². The average molecular weight is 274 g/mol. The molecule has 5 nitrogen and oxygen atoms in total. The molecule has 0 bridgehead atoms. The van der Waals surface area contributed by atoms with Crippen LogP contribution >= 0.6 is 0 Å². The van der Waals surface area contributed by atoms with Gasteiger partial charge in [-0.15, -0.1) is 0 Å². The van der Waals surface area contributed by atoms with Gasteiger partial charge in [0.1, 0.15) is 5.75 Å². The summed E-state index contributed by atoms with van der Waals surface area (Å²) < 4.78 is 10.9. The molecule has 0 radical (unpaired) electrons. The predicted octanol–water partition coefficient (Wildman–Crippen LogP) is 1.57. The van der Waals surface area contributed by atoms with Crippen LogP contribution in [0, 0.1) is 11.3 Å². The number of rotatable bonds is 3.